The normalized spacial score (nSPS) is 11.9. The molecule has 1 rings (SSSR count). The number of ether oxygens (including phenoxy) is 1. The monoisotopic (exact) mass is 227 g/mol. The van der Waals surface area contributed by atoms with Gasteiger partial charge in [0, 0.05) is 13.3 Å². The van der Waals surface area contributed by atoms with Gasteiger partial charge < -0.3 is 10.1 Å². The van der Waals surface area contributed by atoms with E-state index in [2.05, 4.69) is 10.1 Å². The molecule has 0 aliphatic heterocycles. The van der Waals surface area contributed by atoms with E-state index in [4.69, 9.17) is 0 Å². The second-order valence-corrected chi connectivity index (χ2v) is 3.89. The Morgan fingerprint density at radius 2 is 2.33 bits per heavy atom. The third-order valence-corrected chi connectivity index (χ3v) is 2.62. The first-order valence-electron chi connectivity index (χ1n) is 4.49. The van der Waals surface area contributed by atoms with Crippen LogP contribution in [0.2, 0.25) is 0 Å². The topological polar surface area (TPSA) is 55.4 Å². The highest BCUT2D eigenvalue weighted by molar-refractivity contribution is 7.07. The van der Waals surface area contributed by atoms with Crippen molar-refractivity contribution >= 4 is 23.2 Å². The number of carbonyl (C=O) groups excluding carboxylic acids is 2. The molecular formula is C10H13NO3S. The van der Waals surface area contributed by atoms with E-state index >= 15 is 0 Å². The van der Waals surface area contributed by atoms with Gasteiger partial charge >= 0.3 is 5.97 Å². The Labute approximate surface area is 92.2 Å². The molecule has 1 unspecified atom stereocenters. The Kier molecular flexibility index (Phi) is 4.30. The molecule has 0 fully saturated rings. The van der Waals surface area contributed by atoms with Crippen molar-refractivity contribution in [2.45, 2.75) is 19.4 Å². The van der Waals surface area contributed by atoms with E-state index in [1.54, 1.807) is 11.3 Å². The van der Waals surface area contributed by atoms with Crippen molar-refractivity contribution < 1.29 is 14.3 Å². The Hall–Kier alpha value is -1.36. The first-order valence-corrected chi connectivity index (χ1v) is 5.43. The summed E-state index contributed by atoms with van der Waals surface area (Å²) >= 11 is 1.55. The molecule has 1 amide bonds. The van der Waals surface area contributed by atoms with Gasteiger partial charge in [-0.2, -0.15) is 11.3 Å². The van der Waals surface area contributed by atoms with Gasteiger partial charge in [0.25, 0.3) is 0 Å². The highest BCUT2D eigenvalue weighted by Crippen LogP contribution is 2.09. The van der Waals surface area contributed by atoms with Crippen molar-refractivity contribution in [2.75, 3.05) is 7.11 Å². The molecule has 1 atom stereocenters. The minimum atomic E-state index is -0.595. The van der Waals surface area contributed by atoms with Crippen LogP contribution in [0.5, 0.6) is 0 Å². The third kappa shape index (κ3) is 3.71. The van der Waals surface area contributed by atoms with Crippen molar-refractivity contribution in [3.05, 3.63) is 22.4 Å². The Bertz CT molecular complexity index is 334. The number of hydrogen-bond acceptors (Lipinski definition) is 4. The van der Waals surface area contributed by atoms with Crippen molar-refractivity contribution in [1.82, 2.24) is 5.32 Å². The fraction of sp³-hybridized carbons (Fsp3) is 0.400. The summed E-state index contributed by atoms with van der Waals surface area (Å²) < 4.78 is 4.61. The van der Waals surface area contributed by atoms with E-state index in [9.17, 15) is 9.59 Å². The van der Waals surface area contributed by atoms with Crippen LogP contribution in [-0.4, -0.2) is 25.0 Å². The predicted molar refractivity (Wildman–Crippen MR) is 57.6 cm³/mol. The lowest BCUT2D eigenvalue weighted by molar-refractivity contribution is -0.144. The summed E-state index contributed by atoms with van der Waals surface area (Å²) in [4.78, 5) is 22.2. The summed E-state index contributed by atoms with van der Waals surface area (Å²) in [5.41, 5.74) is 1.02. The average molecular weight is 227 g/mol. The molecule has 1 heterocycles. The minimum Gasteiger partial charge on any atom is -0.467 e. The van der Waals surface area contributed by atoms with Gasteiger partial charge in [-0.1, -0.05) is 0 Å². The number of methoxy groups -OCH3 is 1. The van der Waals surface area contributed by atoms with Gasteiger partial charge in [0.2, 0.25) is 5.91 Å². The highest BCUT2D eigenvalue weighted by atomic mass is 32.1. The summed E-state index contributed by atoms with van der Waals surface area (Å²) in [7, 11) is 1.31. The van der Waals surface area contributed by atoms with Crippen molar-refractivity contribution in [3.63, 3.8) is 0 Å². The van der Waals surface area contributed by atoms with Crippen LogP contribution in [0, 0.1) is 0 Å². The summed E-state index contributed by atoms with van der Waals surface area (Å²) in [5, 5.41) is 6.43. The molecule has 1 aromatic rings. The summed E-state index contributed by atoms with van der Waals surface area (Å²) in [6.07, 6.45) is 0.468. The van der Waals surface area contributed by atoms with Crippen LogP contribution in [-0.2, 0) is 20.7 Å². The Morgan fingerprint density at radius 3 is 2.80 bits per heavy atom. The first kappa shape index (κ1) is 11.7. The van der Waals surface area contributed by atoms with Gasteiger partial charge in [-0.05, 0) is 22.4 Å². The van der Waals surface area contributed by atoms with E-state index in [0.29, 0.717) is 6.42 Å². The summed E-state index contributed by atoms with van der Waals surface area (Å²) in [6.45, 7) is 1.38. The number of rotatable bonds is 4. The molecular weight excluding hydrogens is 214 g/mol. The maximum Gasteiger partial charge on any atom is 0.328 e. The zero-order chi connectivity index (χ0) is 11.3. The molecule has 82 valence electrons. The summed E-state index contributed by atoms with van der Waals surface area (Å²) in [5.74, 6) is -0.656. The zero-order valence-corrected chi connectivity index (χ0v) is 9.47. The van der Waals surface area contributed by atoms with Gasteiger partial charge in [0.05, 0.1) is 7.11 Å². The third-order valence-electron chi connectivity index (χ3n) is 1.88. The molecule has 0 spiro atoms. The fourth-order valence-corrected chi connectivity index (χ4v) is 1.91. The van der Waals surface area contributed by atoms with Gasteiger partial charge in [-0.15, -0.1) is 0 Å². The number of nitrogens with one attached hydrogen (secondary N) is 1. The average Bonchev–Trinajstić information content (AvgIpc) is 2.67. The lowest BCUT2D eigenvalue weighted by Crippen LogP contribution is -2.41. The molecule has 0 aliphatic rings. The van der Waals surface area contributed by atoms with Crippen LogP contribution in [0.4, 0.5) is 0 Å². The number of hydrogen-bond donors (Lipinski definition) is 1. The maximum absolute atomic E-state index is 11.3. The zero-order valence-electron chi connectivity index (χ0n) is 8.65. The van der Waals surface area contributed by atoms with E-state index in [1.807, 2.05) is 16.8 Å². The van der Waals surface area contributed by atoms with Crippen molar-refractivity contribution in [2.24, 2.45) is 0 Å². The second kappa shape index (κ2) is 5.50. The molecule has 0 bridgehead atoms. The SMILES string of the molecule is COC(=O)C(Cc1ccsc1)NC(C)=O. The van der Waals surface area contributed by atoms with E-state index in [0.717, 1.165) is 5.56 Å². The molecule has 0 saturated heterocycles. The predicted octanol–water partition coefficient (Wildman–Crippen LogP) is 0.968. The highest BCUT2D eigenvalue weighted by Gasteiger charge is 2.20. The van der Waals surface area contributed by atoms with Gasteiger partial charge in [0.15, 0.2) is 0 Å². The molecule has 0 saturated carbocycles. The quantitative estimate of drug-likeness (QED) is 0.780. The van der Waals surface area contributed by atoms with Gasteiger partial charge in [-0.3, -0.25) is 4.79 Å². The number of amides is 1. The van der Waals surface area contributed by atoms with Crippen LogP contribution in [0.15, 0.2) is 16.8 Å². The van der Waals surface area contributed by atoms with Crippen LogP contribution in [0.1, 0.15) is 12.5 Å². The largest absolute Gasteiger partial charge is 0.467 e. The van der Waals surface area contributed by atoms with Crippen LogP contribution in [0.3, 0.4) is 0 Å². The van der Waals surface area contributed by atoms with Crippen LogP contribution in [0.25, 0.3) is 0 Å². The molecule has 1 N–H and O–H groups in total. The van der Waals surface area contributed by atoms with E-state index < -0.39 is 12.0 Å². The van der Waals surface area contributed by atoms with Crippen LogP contribution >= 0.6 is 11.3 Å². The smallest absolute Gasteiger partial charge is 0.328 e. The van der Waals surface area contributed by atoms with Crippen molar-refractivity contribution in [3.8, 4) is 0 Å². The number of thiophene rings is 1. The van der Waals surface area contributed by atoms with Gasteiger partial charge in [0.1, 0.15) is 6.04 Å². The van der Waals surface area contributed by atoms with E-state index in [-0.39, 0.29) is 5.91 Å². The molecule has 0 aromatic carbocycles. The Morgan fingerprint density at radius 1 is 1.60 bits per heavy atom. The number of esters is 1. The van der Waals surface area contributed by atoms with Gasteiger partial charge in [-0.25, -0.2) is 4.79 Å². The number of carbonyl (C=O) groups is 2. The minimum absolute atomic E-state index is 0.236. The van der Waals surface area contributed by atoms with Crippen LogP contribution < -0.4 is 5.32 Å². The molecule has 1 aromatic heterocycles. The molecule has 5 heteroatoms. The fourth-order valence-electron chi connectivity index (χ4n) is 1.23. The Balaban J connectivity index is 2.64. The molecule has 4 nitrogen and oxygen atoms in total. The molecule has 15 heavy (non-hydrogen) atoms. The maximum atomic E-state index is 11.3. The molecule has 0 radical (unpaired) electrons. The van der Waals surface area contributed by atoms with E-state index in [1.165, 1.54) is 14.0 Å². The lowest BCUT2D eigenvalue weighted by Gasteiger charge is -2.14. The summed E-state index contributed by atoms with van der Waals surface area (Å²) in [6, 6.07) is 1.32. The van der Waals surface area contributed by atoms with Crippen molar-refractivity contribution in [1.29, 1.82) is 0 Å². The first-order chi connectivity index (χ1) is 7.13. The lowest BCUT2D eigenvalue weighted by atomic mass is 10.1. The standard InChI is InChI=1S/C10H13NO3S/c1-7(12)11-9(10(13)14-2)5-8-3-4-15-6-8/h3-4,6,9H,5H2,1-2H3,(H,11,12). The molecule has 0 aliphatic carbocycles. The second-order valence-electron chi connectivity index (χ2n) is 3.11.